The molecule has 104 valence electrons. The number of allylic oxidation sites excluding steroid dienone is 1. The van der Waals surface area contributed by atoms with Gasteiger partial charge in [-0.25, -0.2) is 4.79 Å². The molecule has 2 atom stereocenters. The average molecular weight is 278 g/mol. The van der Waals surface area contributed by atoms with E-state index in [-0.39, 0.29) is 5.54 Å². The quantitative estimate of drug-likeness (QED) is 0.509. The van der Waals surface area contributed by atoms with Crippen molar-refractivity contribution in [3.63, 3.8) is 0 Å². The molecule has 1 rings (SSSR count). The fraction of sp³-hybridized carbons (Fsp3) is 0.400. The van der Waals surface area contributed by atoms with Gasteiger partial charge in [0.2, 0.25) is 0 Å². The lowest BCUT2D eigenvalue weighted by atomic mass is 10.2. The molecule has 0 saturated carbocycles. The number of aliphatic hydroxyl groups is 1. The molecule has 1 aromatic rings. The number of esters is 1. The smallest absolute Gasteiger partial charge is 0.335 e. The molecule has 0 spiro atoms. The van der Waals surface area contributed by atoms with Crippen molar-refractivity contribution in [1.29, 1.82) is 0 Å². The molecule has 0 bridgehead atoms. The molecule has 0 aliphatic carbocycles. The minimum atomic E-state index is -2.01. The van der Waals surface area contributed by atoms with Crippen molar-refractivity contribution in [3.05, 3.63) is 42.5 Å². The first-order valence-electron chi connectivity index (χ1n) is 6.39. The number of hydrogen-bond acceptors (Lipinski definition) is 3. The lowest BCUT2D eigenvalue weighted by Crippen LogP contribution is -2.51. The summed E-state index contributed by atoms with van der Waals surface area (Å²) in [5, 5.41) is 11.4. The summed E-state index contributed by atoms with van der Waals surface area (Å²) >= 11 is 0. The molecule has 0 aliphatic rings. The van der Waals surface area contributed by atoms with Gasteiger partial charge in [0.25, 0.3) is 0 Å². The fourth-order valence-electron chi connectivity index (χ4n) is 2.28. The number of hydrogen-bond donors (Lipinski definition) is 1. The number of carbonyl (C=O) groups excluding carboxylic acids is 1. The second-order valence-electron chi connectivity index (χ2n) is 5.11. The third kappa shape index (κ3) is 3.55. The van der Waals surface area contributed by atoms with Crippen LogP contribution in [0.1, 0.15) is 6.92 Å². The molecule has 0 heterocycles. The van der Waals surface area contributed by atoms with Crippen LogP contribution in [0.25, 0.3) is 0 Å². The Balaban J connectivity index is 3.14. The van der Waals surface area contributed by atoms with Crippen LogP contribution in [0, 0.1) is 0 Å². The van der Waals surface area contributed by atoms with Crippen LogP contribution in [0.2, 0.25) is 18.6 Å². The van der Waals surface area contributed by atoms with Crippen molar-refractivity contribution in [2.24, 2.45) is 0 Å². The number of ether oxygens (including phenoxy) is 1. The van der Waals surface area contributed by atoms with E-state index in [2.05, 4.69) is 30.0 Å². The van der Waals surface area contributed by atoms with Gasteiger partial charge in [-0.2, -0.15) is 0 Å². The van der Waals surface area contributed by atoms with Crippen LogP contribution in [0.5, 0.6) is 0 Å². The van der Waals surface area contributed by atoms with Crippen molar-refractivity contribution in [1.82, 2.24) is 0 Å². The van der Waals surface area contributed by atoms with Gasteiger partial charge in [0.15, 0.2) is 6.10 Å². The summed E-state index contributed by atoms with van der Waals surface area (Å²) in [5.74, 6) is -0.570. The Bertz CT molecular complexity index is 440. The van der Waals surface area contributed by atoms with E-state index in [1.807, 2.05) is 37.3 Å². The normalized spacial score (nSPS) is 15.2. The minimum absolute atomic E-state index is 0.202. The summed E-state index contributed by atoms with van der Waals surface area (Å²) in [5.41, 5.74) is -0.202. The largest absolute Gasteiger partial charge is 0.467 e. The van der Waals surface area contributed by atoms with E-state index in [0.717, 1.165) is 0 Å². The molecule has 1 aromatic carbocycles. The highest BCUT2D eigenvalue weighted by molar-refractivity contribution is 6.91. The summed E-state index contributed by atoms with van der Waals surface area (Å²) < 4.78 is 4.67. The second-order valence-corrected chi connectivity index (χ2v) is 9.79. The maximum Gasteiger partial charge on any atom is 0.335 e. The van der Waals surface area contributed by atoms with Crippen LogP contribution in [-0.4, -0.2) is 32.4 Å². The Morgan fingerprint density at radius 2 is 1.89 bits per heavy atom. The van der Waals surface area contributed by atoms with Gasteiger partial charge < -0.3 is 9.84 Å². The molecule has 0 fully saturated rings. The highest BCUT2D eigenvalue weighted by atomic mass is 28.3. The molecule has 19 heavy (non-hydrogen) atoms. The third-order valence-corrected chi connectivity index (χ3v) is 7.53. The van der Waals surface area contributed by atoms with E-state index in [9.17, 15) is 9.90 Å². The van der Waals surface area contributed by atoms with E-state index >= 15 is 0 Å². The monoisotopic (exact) mass is 278 g/mol. The predicted molar refractivity (Wildman–Crippen MR) is 80.1 cm³/mol. The Kier molecular flexibility index (Phi) is 5.51. The molecule has 1 N–H and O–H groups in total. The fourth-order valence-corrected chi connectivity index (χ4v) is 5.31. The maximum absolute atomic E-state index is 11.6. The first kappa shape index (κ1) is 15.7. The SMILES string of the molecule is C/C=C/[C@H]([C@@H](O)C(=O)OC)[Si](C)(C)c1ccccc1. The molecular formula is C15H22O3Si. The molecule has 0 amide bonds. The molecule has 0 aromatic heterocycles. The molecule has 3 nitrogen and oxygen atoms in total. The number of benzene rings is 1. The van der Waals surface area contributed by atoms with E-state index in [0.29, 0.717) is 0 Å². The van der Waals surface area contributed by atoms with Gasteiger partial charge in [0.1, 0.15) is 0 Å². The first-order chi connectivity index (χ1) is 8.95. The topological polar surface area (TPSA) is 46.5 Å². The average Bonchev–Trinajstić information content (AvgIpc) is 2.43. The molecular weight excluding hydrogens is 256 g/mol. The number of methoxy groups -OCH3 is 1. The van der Waals surface area contributed by atoms with Crippen LogP contribution < -0.4 is 5.19 Å². The zero-order valence-corrected chi connectivity index (χ0v) is 13.0. The maximum atomic E-state index is 11.6. The lowest BCUT2D eigenvalue weighted by molar-refractivity contribution is -0.150. The van der Waals surface area contributed by atoms with Gasteiger partial charge in [0, 0.05) is 5.54 Å². The summed E-state index contributed by atoms with van der Waals surface area (Å²) in [6.07, 6.45) is 2.69. The van der Waals surface area contributed by atoms with Crippen LogP contribution in [0.3, 0.4) is 0 Å². The van der Waals surface area contributed by atoms with Gasteiger partial charge in [0.05, 0.1) is 15.2 Å². The molecule has 0 aliphatic heterocycles. The third-order valence-electron chi connectivity index (χ3n) is 3.53. The van der Waals surface area contributed by atoms with E-state index in [1.54, 1.807) is 0 Å². The zero-order valence-electron chi connectivity index (χ0n) is 12.0. The van der Waals surface area contributed by atoms with Gasteiger partial charge in [-0.15, -0.1) is 0 Å². The Morgan fingerprint density at radius 3 is 2.37 bits per heavy atom. The summed E-state index contributed by atoms with van der Waals surface area (Å²) in [6, 6.07) is 10.1. The standard InChI is InChI=1S/C15H22O3Si/c1-5-9-13(14(16)15(17)18-2)19(3,4)12-10-7-6-8-11-12/h5-11,13-14,16H,1-4H3/b9-5+/t13-,14-/m1/s1. The number of carbonyl (C=O) groups is 1. The van der Waals surface area contributed by atoms with Crippen LogP contribution in [0.4, 0.5) is 0 Å². The van der Waals surface area contributed by atoms with Crippen LogP contribution in [0.15, 0.2) is 42.5 Å². The molecule has 4 heteroatoms. The van der Waals surface area contributed by atoms with Crippen molar-refractivity contribution >= 4 is 19.2 Å². The Labute approximate surface area is 115 Å². The number of rotatable bonds is 5. The lowest BCUT2D eigenvalue weighted by Gasteiger charge is -2.33. The zero-order chi connectivity index (χ0) is 14.5. The predicted octanol–water partition coefficient (Wildman–Crippen LogP) is 2.08. The Morgan fingerprint density at radius 1 is 1.32 bits per heavy atom. The van der Waals surface area contributed by atoms with Crippen molar-refractivity contribution in [2.75, 3.05) is 7.11 Å². The van der Waals surface area contributed by atoms with Gasteiger partial charge in [-0.3, -0.25) is 0 Å². The summed E-state index contributed by atoms with van der Waals surface area (Å²) in [4.78, 5) is 11.6. The van der Waals surface area contributed by atoms with Crippen molar-refractivity contribution in [3.8, 4) is 0 Å². The highest BCUT2D eigenvalue weighted by Gasteiger charge is 2.39. The molecule has 0 unspecified atom stereocenters. The van der Waals surface area contributed by atoms with Crippen LogP contribution in [-0.2, 0) is 9.53 Å². The minimum Gasteiger partial charge on any atom is -0.467 e. The van der Waals surface area contributed by atoms with Crippen molar-refractivity contribution in [2.45, 2.75) is 31.7 Å². The Hall–Kier alpha value is -1.39. The molecule has 0 saturated heterocycles. The second kappa shape index (κ2) is 6.68. The summed E-state index contributed by atoms with van der Waals surface area (Å²) in [6.45, 7) is 6.20. The van der Waals surface area contributed by atoms with E-state index in [1.165, 1.54) is 12.3 Å². The van der Waals surface area contributed by atoms with Gasteiger partial charge in [-0.05, 0) is 6.92 Å². The van der Waals surface area contributed by atoms with Crippen molar-refractivity contribution < 1.29 is 14.6 Å². The van der Waals surface area contributed by atoms with Gasteiger partial charge >= 0.3 is 5.97 Å². The number of aliphatic hydroxyl groups excluding tert-OH is 1. The van der Waals surface area contributed by atoms with Crippen LogP contribution >= 0.6 is 0 Å². The molecule has 0 radical (unpaired) electrons. The first-order valence-corrected chi connectivity index (χ1v) is 9.47. The van der Waals surface area contributed by atoms with E-state index in [4.69, 9.17) is 0 Å². The van der Waals surface area contributed by atoms with E-state index < -0.39 is 20.1 Å². The summed E-state index contributed by atoms with van der Waals surface area (Å²) in [7, 11) is -0.709. The highest BCUT2D eigenvalue weighted by Crippen LogP contribution is 2.28. The van der Waals surface area contributed by atoms with Gasteiger partial charge in [-0.1, -0.05) is 60.8 Å².